The smallest absolute Gasteiger partial charge is 0.0838 e. The molecule has 0 unspecified atom stereocenters. The highest BCUT2D eigenvalue weighted by molar-refractivity contribution is 5.39. The summed E-state index contributed by atoms with van der Waals surface area (Å²) >= 11 is 0. The first-order valence-corrected chi connectivity index (χ1v) is 4.34. The molecule has 1 nitrogen and oxygen atoms in total. The number of allylic oxidation sites excluding steroid dienone is 3. The maximum Gasteiger partial charge on any atom is 0.0838 e. The normalized spacial score (nSPS) is 14.7. The summed E-state index contributed by atoms with van der Waals surface area (Å²) in [7, 11) is 1.93. The van der Waals surface area contributed by atoms with Gasteiger partial charge in [-0.3, -0.25) is 0 Å². The van der Waals surface area contributed by atoms with Crippen LogP contribution in [-0.4, -0.2) is 7.05 Å². The zero-order chi connectivity index (χ0) is 8.81. The van der Waals surface area contributed by atoms with Crippen LogP contribution in [0.5, 0.6) is 0 Å². The van der Waals surface area contributed by atoms with Crippen molar-refractivity contribution in [3.05, 3.63) is 41.3 Å². The molecule has 0 saturated heterocycles. The van der Waals surface area contributed by atoms with Gasteiger partial charge in [0.1, 0.15) is 0 Å². The van der Waals surface area contributed by atoms with E-state index in [2.05, 4.69) is 29.3 Å². The fourth-order valence-electron chi connectivity index (χ4n) is 1.24. The van der Waals surface area contributed by atoms with E-state index in [0.717, 1.165) is 18.5 Å². The first kappa shape index (κ1) is 8.89. The second-order valence-electron chi connectivity index (χ2n) is 2.70. The van der Waals surface area contributed by atoms with Crippen LogP contribution in [0.25, 0.3) is 0 Å². The standard InChI is InChI=1S/C11H15N/c1-3-7-11(12-2)10-8-5-4-6-9-10/h3,5,8-9,12H,4,6H2,1-2H3. The molecule has 0 aromatic rings. The second-order valence-corrected chi connectivity index (χ2v) is 2.70. The molecular weight excluding hydrogens is 146 g/mol. The third-order valence-corrected chi connectivity index (χ3v) is 1.82. The molecular formula is C11H15N. The molecule has 0 radical (unpaired) electrons. The molecule has 12 heavy (non-hydrogen) atoms. The Kier molecular flexibility index (Phi) is 3.43. The quantitative estimate of drug-likeness (QED) is 0.614. The van der Waals surface area contributed by atoms with Crippen molar-refractivity contribution in [3.8, 4) is 0 Å². The minimum absolute atomic E-state index is 1.08. The molecule has 1 rings (SSSR count). The summed E-state index contributed by atoms with van der Waals surface area (Å²) in [4.78, 5) is 0. The van der Waals surface area contributed by atoms with E-state index in [1.807, 2.05) is 20.0 Å². The van der Waals surface area contributed by atoms with Crippen molar-refractivity contribution in [2.75, 3.05) is 7.05 Å². The molecule has 1 aliphatic carbocycles. The van der Waals surface area contributed by atoms with Crippen LogP contribution < -0.4 is 5.32 Å². The summed E-state index contributed by atoms with van der Waals surface area (Å²) in [5.74, 6) is 0. The van der Waals surface area contributed by atoms with Gasteiger partial charge in [0.25, 0.3) is 0 Å². The molecule has 0 fully saturated rings. The molecule has 0 saturated carbocycles. The number of rotatable bonds is 2. The zero-order valence-electron chi connectivity index (χ0n) is 7.72. The van der Waals surface area contributed by atoms with Gasteiger partial charge in [0.05, 0.1) is 5.70 Å². The Bertz CT molecular complexity index is 263. The van der Waals surface area contributed by atoms with Crippen LogP contribution in [0.1, 0.15) is 19.8 Å². The Balaban J connectivity index is 2.86. The number of likely N-dealkylation sites (N-methyl/N-ethyl adjacent to an activating group) is 1. The van der Waals surface area contributed by atoms with Crippen LogP contribution in [0.15, 0.2) is 41.3 Å². The predicted molar refractivity (Wildman–Crippen MR) is 52.8 cm³/mol. The molecule has 1 N–H and O–H groups in total. The fraction of sp³-hybridized carbons (Fsp3) is 0.364. The van der Waals surface area contributed by atoms with Crippen LogP contribution in [0.2, 0.25) is 0 Å². The topological polar surface area (TPSA) is 12.0 Å². The van der Waals surface area contributed by atoms with Crippen LogP contribution in [0.3, 0.4) is 0 Å². The Labute approximate surface area is 74.2 Å². The molecule has 0 amide bonds. The van der Waals surface area contributed by atoms with Gasteiger partial charge in [-0.2, -0.15) is 0 Å². The number of hydrogen-bond acceptors (Lipinski definition) is 1. The second kappa shape index (κ2) is 4.63. The summed E-state index contributed by atoms with van der Waals surface area (Å²) in [6, 6.07) is 0. The van der Waals surface area contributed by atoms with Gasteiger partial charge >= 0.3 is 0 Å². The van der Waals surface area contributed by atoms with Crippen LogP contribution >= 0.6 is 0 Å². The van der Waals surface area contributed by atoms with Crippen LogP contribution in [0.4, 0.5) is 0 Å². The van der Waals surface area contributed by atoms with Crippen molar-refractivity contribution in [1.29, 1.82) is 0 Å². The lowest BCUT2D eigenvalue weighted by Crippen LogP contribution is -2.07. The molecule has 1 heteroatoms. The van der Waals surface area contributed by atoms with E-state index < -0.39 is 0 Å². The maximum absolute atomic E-state index is 3.16. The van der Waals surface area contributed by atoms with E-state index in [0.29, 0.717) is 0 Å². The molecule has 0 bridgehead atoms. The average molecular weight is 161 g/mol. The first-order valence-electron chi connectivity index (χ1n) is 4.34. The third-order valence-electron chi connectivity index (χ3n) is 1.82. The lowest BCUT2D eigenvalue weighted by molar-refractivity contribution is 0.969. The van der Waals surface area contributed by atoms with Gasteiger partial charge in [-0.25, -0.2) is 0 Å². The van der Waals surface area contributed by atoms with Gasteiger partial charge < -0.3 is 5.32 Å². The largest absolute Gasteiger partial charge is 0.381 e. The van der Waals surface area contributed by atoms with Crippen molar-refractivity contribution < 1.29 is 0 Å². The molecule has 0 aromatic carbocycles. The van der Waals surface area contributed by atoms with Crippen molar-refractivity contribution in [1.82, 2.24) is 5.32 Å². The molecule has 0 aromatic heterocycles. The Hall–Kier alpha value is -1.20. The van der Waals surface area contributed by atoms with Gasteiger partial charge in [-0.15, -0.1) is 0 Å². The molecule has 0 spiro atoms. The minimum atomic E-state index is 1.08. The Morgan fingerprint density at radius 3 is 2.92 bits per heavy atom. The van der Waals surface area contributed by atoms with Crippen LogP contribution in [0, 0.1) is 0 Å². The van der Waals surface area contributed by atoms with E-state index in [-0.39, 0.29) is 0 Å². The van der Waals surface area contributed by atoms with Crippen molar-refractivity contribution >= 4 is 0 Å². The van der Waals surface area contributed by atoms with E-state index >= 15 is 0 Å². The van der Waals surface area contributed by atoms with E-state index in [9.17, 15) is 0 Å². The van der Waals surface area contributed by atoms with E-state index in [1.165, 1.54) is 5.57 Å². The van der Waals surface area contributed by atoms with Crippen molar-refractivity contribution in [3.63, 3.8) is 0 Å². The van der Waals surface area contributed by atoms with Crippen LogP contribution in [-0.2, 0) is 0 Å². The van der Waals surface area contributed by atoms with Gasteiger partial charge in [0.15, 0.2) is 0 Å². The Morgan fingerprint density at radius 2 is 2.42 bits per heavy atom. The summed E-state index contributed by atoms with van der Waals surface area (Å²) in [6.45, 7) is 1.98. The lowest BCUT2D eigenvalue weighted by Gasteiger charge is -2.08. The summed E-state index contributed by atoms with van der Waals surface area (Å²) < 4.78 is 0. The first-order chi connectivity index (χ1) is 5.88. The average Bonchev–Trinajstić information content (AvgIpc) is 2.15. The van der Waals surface area contributed by atoms with Crippen molar-refractivity contribution in [2.24, 2.45) is 0 Å². The Morgan fingerprint density at radius 1 is 1.58 bits per heavy atom. The van der Waals surface area contributed by atoms with E-state index in [4.69, 9.17) is 0 Å². The number of hydrogen-bond donors (Lipinski definition) is 1. The molecule has 64 valence electrons. The maximum atomic E-state index is 3.16. The monoisotopic (exact) mass is 161 g/mol. The lowest BCUT2D eigenvalue weighted by atomic mass is 10.0. The molecule has 1 aliphatic rings. The fourth-order valence-corrected chi connectivity index (χ4v) is 1.24. The van der Waals surface area contributed by atoms with Gasteiger partial charge in [0, 0.05) is 12.6 Å². The highest BCUT2D eigenvalue weighted by Gasteiger charge is 2.00. The van der Waals surface area contributed by atoms with E-state index in [1.54, 1.807) is 0 Å². The van der Waals surface area contributed by atoms with Gasteiger partial charge in [0.2, 0.25) is 0 Å². The van der Waals surface area contributed by atoms with Gasteiger partial charge in [-0.05, 0) is 25.8 Å². The van der Waals surface area contributed by atoms with Gasteiger partial charge in [-0.1, -0.05) is 24.0 Å². The minimum Gasteiger partial charge on any atom is -0.381 e. The summed E-state index contributed by atoms with van der Waals surface area (Å²) in [5.41, 5.74) is 5.49. The third kappa shape index (κ3) is 2.14. The zero-order valence-corrected chi connectivity index (χ0v) is 7.72. The summed E-state index contributed by atoms with van der Waals surface area (Å²) in [6.07, 6.45) is 10.8. The van der Waals surface area contributed by atoms with Crippen molar-refractivity contribution in [2.45, 2.75) is 19.8 Å². The number of nitrogens with one attached hydrogen (secondary N) is 1. The predicted octanol–water partition coefficient (Wildman–Crippen LogP) is 2.54. The SMILES string of the molecule is CC=C=C(NC)C1=CCCC=C1. The molecule has 0 aliphatic heterocycles. The summed E-state index contributed by atoms with van der Waals surface area (Å²) in [5, 5.41) is 3.13. The molecule has 0 atom stereocenters. The highest BCUT2D eigenvalue weighted by Crippen LogP contribution is 2.14. The molecule has 0 heterocycles. The highest BCUT2D eigenvalue weighted by atomic mass is 14.8.